The Hall–Kier alpha value is -4.04. The van der Waals surface area contributed by atoms with Gasteiger partial charge in [0.25, 0.3) is 5.91 Å². The van der Waals surface area contributed by atoms with Gasteiger partial charge in [-0.3, -0.25) is 19.1 Å². The number of allylic oxidation sites excluding steroid dienone is 1. The van der Waals surface area contributed by atoms with E-state index < -0.39 is 38.7 Å². The molecule has 2 aliphatic carbocycles. The van der Waals surface area contributed by atoms with Gasteiger partial charge in [-0.15, -0.1) is 11.3 Å². The van der Waals surface area contributed by atoms with Crippen LogP contribution in [0, 0.1) is 12.8 Å². The van der Waals surface area contributed by atoms with E-state index in [1.165, 1.54) is 11.3 Å². The second kappa shape index (κ2) is 14.7. The summed E-state index contributed by atoms with van der Waals surface area (Å²) in [7, 11) is -2.22. The summed E-state index contributed by atoms with van der Waals surface area (Å²) in [5.41, 5.74) is 1.74. The summed E-state index contributed by atoms with van der Waals surface area (Å²) in [5.74, 6) is -0.467. The van der Waals surface area contributed by atoms with Gasteiger partial charge in [-0.05, 0) is 63.5 Å². The van der Waals surface area contributed by atoms with Gasteiger partial charge in [0, 0.05) is 41.2 Å². The van der Waals surface area contributed by atoms with Gasteiger partial charge in [-0.25, -0.2) is 18.4 Å². The molecule has 3 N–H and O–H groups in total. The first kappa shape index (κ1) is 35.8. The van der Waals surface area contributed by atoms with E-state index in [1.54, 1.807) is 7.11 Å². The Kier molecular flexibility index (Phi) is 10.5. The summed E-state index contributed by atoms with van der Waals surface area (Å²) >= 11 is 1.50. The summed E-state index contributed by atoms with van der Waals surface area (Å²) in [6, 6.07) is 4.54. The van der Waals surface area contributed by atoms with Crippen LogP contribution in [-0.4, -0.2) is 66.7 Å². The molecule has 3 heterocycles. The first-order chi connectivity index (χ1) is 23.9. The van der Waals surface area contributed by atoms with E-state index in [-0.39, 0.29) is 43.6 Å². The molecule has 14 heteroatoms. The van der Waals surface area contributed by atoms with Crippen molar-refractivity contribution in [3.05, 3.63) is 47.0 Å². The third-order valence-electron chi connectivity index (χ3n) is 9.62. The minimum absolute atomic E-state index is 0.0513. The van der Waals surface area contributed by atoms with Crippen molar-refractivity contribution in [2.75, 3.05) is 13.7 Å². The number of amides is 3. The lowest BCUT2D eigenvalue weighted by Gasteiger charge is -2.24. The zero-order chi connectivity index (χ0) is 35.6. The highest BCUT2D eigenvalue weighted by Gasteiger charge is 2.61. The quantitative estimate of drug-likeness (QED) is 0.243. The molecule has 50 heavy (non-hydrogen) atoms. The fourth-order valence-corrected chi connectivity index (χ4v) is 8.58. The molecule has 0 bridgehead atoms. The Balaban J connectivity index is 1.25. The molecule has 2 aromatic heterocycles. The lowest BCUT2D eigenvalue weighted by atomic mass is 10.1. The van der Waals surface area contributed by atoms with E-state index in [9.17, 15) is 22.8 Å². The Morgan fingerprint density at radius 1 is 1.14 bits per heavy atom. The number of hydrogen-bond donors (Lipinski definition) is 3. The molecule has 0 saturated heterocycles. The number of nitrogens with one attached hydrogen (secondary N) is 3. The molecule has 3 amide bonds. The van der Waals surface area contributed by atoms with Gasteiger partial charge < -0.3 is 20.1 Å². The molecule has 6 rings (SSSR count). The summed E-state index contributed by atoms with van der Waals surface area (Å²) in [6.45, 7) is 6.15. The van der Waals surface area contributed by atoms with E-state index >= 15 is 0 Å². The maximum absolute atomic E-state index is 13.9. The fraction of sp³-hybridized carbons (Fsp3) is 0.528. The minimum Gasteiger partial charge on any atom is -0.496 e. The molecule has 3 aliphatic rings. The van der Waals surface area contributed by atoms with Gasteiger partial charge in [0.05, 0.1) is 30.2 Å². The first-order valence-electron chi connectivity index (χ1n) is 17.3. The Labute approximate surface area is 296 Å². The first-order valence-corrected chi connectivity index (χ1v) is 19.8. The van der Waals surface area contributed by atoms with Crippen molar-refractivity contribution in [1.29, 1.82) is 0 Å². The van der Waals surface area contributed by atoms with Gasteiger partial charge in [0.1, 0.15) is 33.8 Å². The molecule has 3 atom stereocenters. The lowest BCUT2D eigenvalue weighted by molar-refractivity contribution is -0.132. The number of fused-ring (bicyclic) bond motifs is 2. The Morgan fingerprint density at radius 2 is 1.94 bits per heavy atom. The number of aromatic nitrogens is 2. The molecular weight excluding hydrogens is 679 g/mol. The molecule has 12 nitrogen and oxygen atoms in total. The number of aryl methyl sites for hydroxylation is 1. The monoisotopic (exact) mass is 723 g/mol. The largest absolute Gasteiger partial charge is 0.496 e. The van der Waals surface area contributed by atoms with Gasteiger partial charge in [0.15, 0.2) is 0 Å². The predicted molar refractivity (Wildman–Crippen MR) is 192 cm³/mol. The predicted octanol–water partition coefficient (Wildman–Crippen LogP) is 5.06. The summed E-state index contributed by atoms with van der Waals surface area (Å²) in [6.07, 6.45) is 8.66. The van der Waals surface area contributed by atoms with Gasteiger partial charge in [0.2, 0.25) is 21.8 Å². The van der Waals surface area contributed by atoms with Crippen molar-refractivity contribution in [2.24, 2.45) is 5.92 Å². The molecule has 1 aromatic carbocycles. The number of pyridine rings is 1. The topological polar surface area (TPSA) is 166 Å². The number of nitrogens with zero attached hydrogens (tertiary/aromatic N) is 2. The molecule has 2 fully saturated rings. The van der Waals surface area contributed by atoms with Crippen LogP contribution in [0.3, 0.4) is 0 Å². The standard InChI is InChI=1S/C36H45N5O7S2/c1-21(2)28-20-49-34(39-28)27-18-30(25-14-15-29(47-4)22(3)32(25)38-27)48-17-16-26-33(43)40-36(35(44)41-50(45,46)24-12-13-24)19-23(36)10-8-6-5-7-9-11-31(42)37-26/h8,10,14-15,18,20-21,23-24,26H,5-7,9,11-13,16-17,19H2,1-4H3,(H,37,42)(H,40,43)(H,41,44)/b10-8-/t23-,26+,36-/m1/s1. The molecule has 3 aromatic rings. The second-order valence-corrected chi connectivity index (χ2v) is 16.6. The average molecular weight is 724 g/mol. The summed E-state index contributed by atoms with van der Waals surface area (Å²) < 4.78 is 39.5. The number of carbonyl (C=O) groups is 3. The maximum atomic E-state index is 13.9. The van der Waals surface area contributed by atoms with Crippen LogP contribution in [0.25, 0.3) is 21.6 Å². The van der Waals surface area contributed by atoms with Crippen LogP contribution < -0.4 is 24.8 Å². The molecule has 0 unspecified atom stereocenters. The maximum Gasteiger partial charge on any atom is 0.259 e. The van der Waals surface area contributed by atoms with E-state index in [0.29, 0.717) is 42.0 Å². The van der Waals surface area contributed by atoms with Crippen LogP contribution in [0.5, 0.6) is 11.5 Å². The van der Waals surface area contributed by atoms with E-state index in [1.807, 2.05) is 42.7 Å². The number of rotatable bonds is 10. The van der Waals surface area contributed by atoms with Crippen molar-refractivity contribution in [1.82, 2.24) is 25.3 Å². The molecule has 268 valence electrons. The highest BCUT2D eigenvalue weighted by molar-refractivity contribution is 7.91. The number of thiazole rings is 1. The number of carbonyl (C=O) groups excluding carboxylic acids is 3. The number of hydrogen-bond acceptors (Lipinski definition) is 10. The van der Waals surface area contributed by atoms with Crippen molar-refractivity contribution >= 4 is 50.0 Å². The zero-order valence-corrected chi connectivity index (χ0v) is 30.5. The second-order valence-electron chi connectivity index (χ2n) is 13.8. The van der Waals surface area contributed by atoms with Crippen LogP contribution in [-0.2, 0) is 24.4 Å². The number of benzene rings is 1. The van der Waals surface area contributed by atoms with Gasteiger partial charge in [-0.1, -0.05) is 32.4 Å². The zero-order valence-electron chi connectivity index (χ0n) is 28.9. The molecule has 0 radical (unpaired) electrons. The van der Waals surface area contributed by atoms with Crippen LogP contribution >= 0.6 is 11.3 Å². The van der Waals surface area contributed by atoms with Crippen molar-refractivity contribution in [2.45, 2.75) is 101 Å². The van der Waals surface area contributed by atoms with Crippen molar-refractivity contribution in [3.63, 3.8) is 0 Å². The van der Waals surface area contributed by atoms with Crippen molar-refractivity contribution in [3.8, 4) is 22.2 Å². The molecule has 2 saturated carbocycles. The highest BCUT2D eigenvalue weighted by atomic mass is 32.2. The van der Waals surface area contributed by atoms with E-state index in [2.05, 4.69) is 29.2 Å². The van der Waals surface area contributed by atoms with Crippen LogP contribution in [0.15, 0.2) is 35.7 Å². The van der Waals surface area contributed by atoms with Gasteiger partial charge >= 0.3 is 0 Å². The van der Waals surface area contributed by atoms with Crippen LogP contribution in [0.4, 0.5) is 0 Å². The van der Waals surface area contributed by atoms with E-state index in [0.717, 1.165) is 40.9 Å². The third-order valence-corrected chi connectivity index (χ3v) is 12.3. The van der Waals surface area contributed by atoms with Crippen LogP contribution in [0.1, 0.15) is 88.8 Å². The highest BCUT2D eigenvalue weighted by Crippen LogP contribution is 2.46. The smallest absolute Gasteiger partial charge is 0.259 e. The molecule has 0 spiro atoms. The third kappa shape index (κ3) is 7.80. The number of methoxy groups -OCH3 is 1. The Morgan fingerprint density at radius 3 is 2.66 bits per heavy atom. The van der Waals surface area contributed by atoms with Crippen LogP contribution in [0.2, 0.25) is 0 Å². The number of ether oxygens (including phenoxy) is 2. The fourth-order valence-electron chi connectivity index (χ4n) is 6.28. The average Bonchev–Trinajstić information content (AvgIpc) is 4.00. The lowest BCUT2D eigenvalue weighted by Crippen LogP contribution is -2.57. The SMILES string of the molecule is COc1ccc2c(OCC[C@@H]3NC(=O)CCCCC/C=C\[C@@H]4C[C@@]4(C(=O)NS(=O)(=O)C4CC4)NC3=O)cc(-c3nc(C(C)C)cs3)nc2c1C. The minimum atomic E-state index is -3.83. The van der Waals surface area contributed by atoms with Crippen molar-refractivity contribution < 1.29 is 32.3 Å². The normalized spacial score (nSPS) is 23.7. The molecule has 1 aliphatic heterocycles. The Bertz CT molecular complexity index is 1920. The summed E-state index contributed by atoms with van der Waals surface area (Å²) in [4.78, 5) is 50.1. The number of sulfonamides is 1. The van der Waals surface area contributed by atoms with Gasteiger partial charge in [-0.2, -0.15) is 0 Å². The van der Waals surface area contributed by atoms with E-state index in [4.69, 9.17) is 19.4 Å². The molecular formula is C36H45N5O7S2. The summed E-state index contributed by atoms with van der Waals surface area (Å²) in [5, 5.41) is 8.64.